The van der Waals surface area contributed by atoms with Gasteiger partial charge >= 0.3 is 0 Å². The van der Waals surface area contributed by atoms with Crippen LogP contribution in [0.2, 0.25) is 5.02 Å². The fourth-order valence-corrected chi connectivity index (χ4v) is 2.10. The Bertz CT molecular complexity index is 511. The monoisotopic (exact) mass is 278 g/mol. The van der Waals surface area contributed by atoms with Crippen LogP contribution < -0.4 is 4.74 Å². The molecule has 0 aromatic heterocycles. The Morgan fingerprint density at radius 3 is 2.39 bits per heavy atom. The quantitative estimate of drug-likeness (QED) is 0.790. The Labute approximate surface area is 115 Å². The zero-order valence-electron chi connectivity index (χ0n) is 9.51. The van der Waals surface area contributed by atoms with Crippen molar-refractivity contribution in [2.45, 2.75) is 4.90 Å². The lowest BCUT2D eigenvalue weighted by molar-refractivity contribution is -0.112. The molecule has 18 heavy (non-hydrogen) atoms. The Balaban J connectivity index is 1.84. The van der Waals surface area contributed by atoms with Crippen molar-refractivity contribution in [3.63, 3.8) is 0 Å². The third-order valence-electron chi connectivity index (χ3n) is 2.15. The summed E-state index contributed by atoms with van der Waals surface area (Å²) >= 11 is 6.92. The second-order valence-electron chi connectivity index (χ2n) is 3.53. The van der Waals surface area contributed by atoms with Crippen molar-refractivity contribution in [3.8, 4) is 5.75 Å². The fourth-order valence-electron chi connectivity index (χ4n) is 1.32. The van der Waals surface area contributed by atoms with Crippen molar-refractivity contribution in [2.24, 2.45) is 0 Å². The van der Waals surface area contributed by atoms with Crippen LogP contribution in [0.25, 0.3) is 0 Å². The second kappa shape index (κ2) is 6.47. The SMILES string of the molecule is O=C(COc1ccccc1)Sc1ccc(Cl)cc1. The molecule has 0 bridgehead atoms. The van der Waals surface area contributed by atoms with E-state index in [1.54, 1.807) is 12.1 Å². The average Bonchev–Trinajstić information content (AvgIpc) is 2.40. The molecule has 0 aliphatic rings. The molecule has 0 N–H and O–H groups in total. The molecule has 2 aromatic carbocycles. The highest BCUT2D eigenvalue weighted by molar-refractivity contribution is 8.13. The van der Waals surface area contributed by atoms with E-state index in [2.05, 4.69) is 0 Å². The molecule has 92 valence electrons. The Kier molecular flexibility index (Phi) is 4.67. The van der Waals surface area contributed by atoms with Gasteiger partial charge in [-0.05, 0) is 48.2 Å². The number of carbonyl (C=O) groups is 1. The number of thioether (sulfide) groups is 1. The first-order valence-electron chi connectivity index (χ1n) is 5.38. The lowest BCUT2D eigenvalue weighted by Crippen LogP contribution is -2.06. The summed E-state index contributed by atoms with van der Waals surface area (Å²) in [7, 11) is 0. The number of hydrogen-bond donors (Lipinski definition) is 0. The number of hydrogen-bond acceptors (Lipinski definition) is 3. The number of carbonyl (C=O) groups excluding carboxylic acids is 1. The summed E-state index contributed by atoms with van der Waals surface area (Å²) in [6.07, 6.45) is 0. The van der Waals surface area contributed by atoms with Crippen LogP contribution in [0, 0.1) is 0 Å². The maximum absolute atomic E-state index is 11.7. The third-order valence-corrected chi connectivity index (χ3v) is 3.25. The van der Waals surface area contributed by atoms with Gasteiger partial charge in [-0.25, -0.2) is 0 Å². The number of para-hydroxylation sites is 1. The molecule has 4 heteroatoms. The molecule has 0 atom stereocenters. The van der Waals surface area contributed by atoms with Gasteiger partial charge in [0.1, 0.15) is 5.75 Å². The van der Waals surface area contributed by atoms with E-state index < -0.39 is 0 Å². The van der Waals surface area contributed by atoms with Gasteiger partial charge in [-0.2, -0.15) is 0 Å². The lowest BCUT2D eigenvalue weighted by Gasteiger charge is -2.04. The van der Waals surface area contributed by atoms with Crippen LogP contribution in [-0.4, -0.2) is 11.7 Å². The van der Waals surface area contributed by atoms with Gasteiger partial charge in [0.25, 0.3) is 0 Å². The minimum Gasteiger partial charge on any atom is -0.485 e. The van der Waals surface area contributed by atoms with E-state index in [4.69, 9.17) is 16.3 Å². The molecule has 0 saturated heterocycles. The first kappa shape index (κ1) is 13.0. The summed E-state index contributed by atoms with van der Waals surface area (Å²) < 4.78 is 5.37. The van der Waals surface area contributed by atoms with Crippen LogP contribution in [-0.2, 0) is 4.79 Å². The first-order valence-corrected chi connectivity index (χ1v) is 6.57. The highest BCUT2D eigenvalue weighted by atomic mass is 35.5. The summed E-state index contributed by atoms with van der Waals surface area (Å²) in [6.45, 7) is 0.0529. The van der Waals surface area contributed by atoms with Gasteiger partial charge in [0.15, 0.2) is 6.61 Å². The number of benzene rings is 2. The molecular weight excluding hydrogens is 268 g/mol. The van der Waals surface area contributed by atoms with Gasteiger partial charge in [-0.15, -0.1) is 0 Å². The van der Waals surface area contributed by atoms with E-state index in [0.29, 0.717) is 10.8 Å². The molecule has 0 spiro atoms. The predicted molar refractivity (Wildman–Crippen MR) is 74.3 cm³/mol. The highest BCUT2D eigenvalue weighted by Gasteiger charge is 2.05. The molecule has 0 heterocycles. The van der Waals surface area contributed by atoms with E-state index in [-0.39, 0.29) is 11.7 Å². The summed E-state index contributed by atoms with van der Waals surface area (Å²) in [5.74, 6) is 0.697. The maximum atomic E-state index is 11.7. The molecule has 0 unspecified atom stereocenters. The molecule has 0 amide bonds. The topological polar surface area (TPSA) is 26.3 Å². The average molecular weight is 279 g/mol. The Hall–Kier alpha value is -1.45. The fraction of sp³-hybridized carbons (Fsp3) is 0.0714. The lowest BCUT2D eigenvalue weighted by atomic mass is 10.3. The molecule has 2 rings (SSSR count). The van der Waals surface area contributed by atoms with Crippen molar-refractivity contribution < 1.29 is 9.53 Å². The van der Waals surface area contributed by atoms with Crippen LogP contribution in [0.1, 0.15) is 0 Å². The summed E-state index contributed by atoms with van der Waals surface area (Å²) in [5, 5.41) is 0.619. The Morgan fingerprint density at radius 2 is 1.72 bits per heavy atom. The minimum absolute atomic E-state index is 0.0406. The maximum Gasteiger partial charge on any atom is 0.231 e. The normalized spacial score (nSPS) is 10.1. The molecular formula is C14H11ClO2S. The second-order valence-corrected chi connectivity index (χ2v) is 5.10. The molecule has 2 nitrogen and oxygen atoms in total. The van der Waals surface area contributed by atoms with Gasteiger partial charge < -0.3 is 4.74 Å². The number of halogens is 1. The third kappa shape index (κ3) is 4.09. The van der Waals surface area contributed by atoms with E-state index in [9.17, 15) is 4.79 Å². The molecule has 2 aromatic rings. The van der Waals surface area contributed by atoms with Crippen molar-refractivity contribution in [3.05, 3.63) is 59.6 Å². The van der Waals surface area contributed by atoms with Crippen LogP contribution in [0.5, 0.6) is 5.75 Å². The van der Waals surface area contributed by atoms with Crippen molar-refractivity contribution in [1.29, 1.82) is 0 Å². The van der Waals surface area contributed by atoms with Gasteiger partial charge in [-0.3, -0.25) is 4.79 Å². The van der Waals surface area contributed by atoms with Crippen molar-refractivity contribution in [2.75, 3.05) is 6.61 Å². The largest absolute Gasteiger partial charge is 0.485 e. The first-order chi connectivity index (χ1) is 8.74. The van der Waals surface area contributed by atoms with Gasteiger partial charge in [0, 0.05) is 9.92 Å². The number of ether oxygens (including phenoxy) is 1. The molecule has 0 fully saturated rings. The molecule has 0 saturated carbocycles. The summed E-state index contributed by atoms with van der Waals surface area (Å²) in [5.41, 5.74) is 0. The van der Waals surface area contributed by atoms with Crippen molar-refractivity contribution in [1.82, 2.24) is 0 Å². The molecule has 0 aliphatic heterocycles. The van der Waals surface area contributed by atoms with Crippen LogP contribution in [0.4, 0.5) is 0 Å². The highest BCUT2D eigenvalue weighted by Crippen LogP contribution is 2.21. The molecule has 0 radical (unpaired) electrons. The standard InChI is InChI=1S/C14H11ClO2S/c15-11-6-8-13(9-7-11)18-14(16)10-17-12-4-2-1-3-5-12/h1-9H,10H2. The molecule has 0 aliphatic carbocycles. The van der Waals surface area contributed by atoms with E-state index in [1.165, 1.54) is 0 Å². The Morgan fingerprint density at radius 1 is 1.06 bits per heavy atom. The zero-order valence-corrected chi connectivity index (χ0v) is 11.1. The van der Waals surface area contributed by atoms with Crippen LogP contribution in [0.3, 0.4) is 0 Å². The van der Waals surface area contributed by atoms with Crippen LogP contribution >= 0.6 is 23.4 Å². The summed E-state index contributed by atoms with van der Waals surface area (Å²) in [4.78, 5) is 12.5. The zero-order chi connectivity index (χ0) is 12.8. The van der Waals surface area contributed by atoms with Crippen LogP contribution in [0.15, 0.2) is 59.5 Å². The van der Waals surface area contributed by atoms with Crippen molar-refractivity contribution >= 4 is 28.5 Å². The van der Waals surface area contributed by atoms with Gasteiger partial charge in [-0.1, -0.05) is 29.8 Å². The van der Waals surface area contributed by atoms with Gasteiger partial charge in [0.05, 0.1) is 0 Å². The number of rotatable bonds is 4. The smallest absolute Gasteiger partial charge is 0.231 e. The summed E-state index contributed by atoms with van der Waals surface area (Å²) in [6, 6.07) is 16.4. The van der Waals surface area contributed by atoms with E-state index in [1.807, 2.05) is 42.5 Å². The minimum atomic E-state index is -0.0406. The predicted octanol–water partition coefficient (Wildman–Crippen LogP) is 4.04. The van der Waals surface area contributed by atoms with Gasteiger partial charge in [0.2, 0.25) is 5.12 Å². The van der Waals surface area contributed by atoms with E-state index in [0.717, 1.165) is 16.7 Å². The van der Waals surface area contributed by atoms with E-state index >= 15 is 0 Å².